The lowest BCUT2D eigenvalue weighted by Gasteiger charge is -2.17. The van der Waals surface area contributed by atoms with E-state index in [-0.39, 0.29) is 12.3 Å². The van der Waals surface area contributed by atoms with Crippen molar-refractivity contribution in [1.29, 1.82) is 0 Å². The third-order valence-electron chi connectivity index (χ3n) is 2.67. The van der Waals surface area contributed by atoms with Gasteiger partial charge >= 0.3 is 5.97 Å². The fourth-order valence-electron chi connectivity index (χ4n) is 1.51. The molecule has 0 bridgehead atoms. The molecule has 0 aromatic heterocycles. The number of esters is 1. The number of hydrogen-bond acceptors (Lipinski definition) is 5. The van der Waals surface area contributed by atoms with Gasteiger partial charge in [-0.25, -0.2) is 12.8 Å². The lowest BCUT2D eigenvalue weighted by molar-refractivity contribution is -0.143. The number of halogens is 1. The first-order valence-electron chi connectivity index (χ1n) is 5.87. The number of nitrogen functional groups attached to an aromatic ring is 1. The first-order valence-corrected chi connectivity index (χ1v) is 7.31. The molecule has 0 amide bonds. The molecular formula is C12H17FN2O4S. The molecule has 0 unspecified atom stereocenters. The van der Waals surface area contributed by atoms with Crippen molar-refractivity contribution in [3.05, 3.63) is 23.5 Å². The van der Waals surface area contributed by atoms with Crippen LogP contribution in [-0.2, 0) is 19.6 Å². The monoisotopic (exact) mass is 304 g/mol. The Kier molecular flexibility index (Phi) is 5.07. The van der Waals surface area contributed by atoms with E-state index in [1.807, 2.05) is 0 Å². The highest BCUT2D eigenvalue weighted by atomic mass is 32.2. The number of hydrogen-bond donors (Lipinski definition) is 1. The number of rotatable bonds is 5. The van der Waals surface area contributed by atoms with Gasteiger partial charge in [0.15, 0.2) is 0 Å². The predicted octanol–water partition coefficient (Wildman–Crippen LogP) is 0.900. The van der Waals surface area contributed by atoms with Crippen molar-refractivity contribution >= 4 is 21.7 Å². The van der Waals surface area contributed by atoms with Gasteiger partial charge < -0.3 is 10.5 Å². The number of carbonyl (C=O) groups excluding carboxylic acids is 1. The fourth-order valence-corrected chi connectivity index (χ4v) is 2.70. The second kappa shape index (κ2) is 6.19. The summed E-state index contributed by atoms with van der Waals surface area (Å²) in [5, 5.41) is 0. The van der Waals surface area contributed by atoms with Crippen molar-refractivity contribution < 1.29 is 22.3 Å². The number of sulfonamides is 1. The number of ether oxygens (including phenoxy) is 1. The number of aryl methyl sites for hydroxylation is 1. The number of benzene rings is 1. The van der Waals surface area contributed by atoms with Gasteiger partial charge in [-0.1, -0.05) is 0 Å². The quantitative estimate of drug-likeness (QED) is 0.645. The zero-order valence-electron chi connectivity index (χ0n) is 11.5. The molecule has 20 heavy (non-hydrogen) atoms. The average molecular weight is 304 g/mol. The molecule has 0 aliphatic heterocycles. The molecule has 0 aliphatic carbocycles. The van der Waals surface area contributed by atoms with Gasteiger partial charge in [0.05, 0.1) is 6.61 Å². The first-order chi connectivity index (χ1) is 9.20. The summed E-state index contributed by atoms with van der Waals surface area (Å²) in [5.41, 5.74) is 6.19. The first kappa shape index (κ1) is 16.4. The number of nitrogens with two attached hydrogens (primary N) is 1. The normalized spacial score (nSPS) is 11.7. The smallest absolute Gasteiger partial charge is 0.321 e. The summed E-state index contributed by atoms with van der Waals surface area (Å²) in [7, 11) is -2.98. The Labute approximate surface area is 117 Å². The Morgan fingerprint density at radius 2 is 2.05 bits per heavy atom. The minimum absolute atomic E-state index is 0.137. The maximum absolute atomic E-state index is 13.8. The van der Waals surface area contributed by atoms with Crippen molar-refractivity contribution in [2.45, 2.75) is 18.7 Å². The van der Waals surface area contributed by atoms with Crippen LogP contribution in [0.3, 0.4) is 0 Å². The molecule has 0 saturated carbocycles. The molecule has 112 valence electrons. The van der Waals surface area contributed by atoms with Gasteiger partial charge in [-0.15, -0.1) is 0 Å². The van der Waals surface area contributed by atoms with Crippen LogP contribution in [0.25, 0.3) is 0 Å². The van der Waals surface area contributed by atoms with Gasteiger partial charge in [0.25, 0.3) is 0 Å². The highest BCUT2D eigenvalue weighted by Gasteiger charge is 2.27. The highest BCUT2D eigenvalue weighted by molar-refractivity contribution is 7.89. The van der Waals surface area contributed by atoms with Crippen LogP contribution in [0.15, 0.2) is 17.0 Å². The number of anilines is 1. The fraction of sp³-hybridized carbons (Fsp3) is 0.417. The summed E-state index contributed by atoms with van der Waals surface area (Å²) in [5.74, 6) is -1.62. The SMILES string of the molecule is CCOC(=O)CN(C)S(=O)(=O)c1cc(N)c(C)cc1F. The summed E-state index contributed by atoms with van der Waals surface area (Å²) in [6.45, 7) is 2.81. The average Bonchev–Trinajstić information content (AvgIpc) is 2.33. The van der Waals surface area contributed by atoms with Gasteiger partial charge in [-0.3, -0.25) is 4.79 Å². The maximum Gasteiger partial charge on any atom is 0.321 e. The Morgan fingerprint density at radius 3 is 2.60 bits per heavy atom. The number of nitrogens with zero attached hydrogens (tertiary/aromatic N) is 1. The lowest BCUT2D eigenvalue weighted by atomic mass is 10.2. The van der Waals surface area contributed by atoms with E-state index in [1.54, 1.807) is 13.8 Å². The summed E-state index contributed by atoms with van der Waals surface area (Å²) < 4.78 is 43.5. The van der Waals surface area contributed by atoms with Crippen LogP contribution < -0.4 is 5.73 Å². The maximum atomic E-state index is 13.8. The van der Waals surface area contributed by atoms with E-state index >= 15 is 0 Å². The minimum Gasteiger partial charge on any atom is -0.465 e. The largest absolute Gasteiger partial charge is 0.465 e. The second-order valence-corrected chi connectivity index (χ2v) is 6.22. The summed E-state index contributed by atoms with van der Waals surface area (Å²) in [4.78, 5) is 10.7. The topological polar surface area (TPSA) is 89.7 Å². The summed E-state index contributed by atoms with van der Waals surface area (Å²) in [6, 6.07) is 2.09. The molecule has 1 aromatic rings. The Balaban J connectivity index is 3.11. The van der Waals surface area contributed by atoms with E-state index in [0.29, 0.717) is 5.56 Å². The van der Waals surface area contributed by atoms with E-state index < -0.39 is 33.3 Å². The van der Waals surface area contributed by atoms with Crippen LogP contribution in [-0.4, -0.2) is 38.9 Å². The lowest BCUT2D eigenvalue weighted by Crippen LogP contribution is -2.33. The third-order valence-corrected chi connectivity index (χ3v) is 4.48. The molecule has 0 heterocycles. The summed E-state index contributed by atoms with van der Waals surface area (Å²) >= 11 is 0. The zero-order chi connectivity index (χ0) is 15.5. The Morgan fingerprint density at radius 1 is 1.45 bits per heavy atom. The molecule has 1 rings (SSSR count). The van der Waals surface area contributed by atoms with Gasteiger partial charge in [0, 0.05) is 12.7 Å². The van der Waals surface area contributed by atoms with Crippen LogP contribution >= 0.6 is 0 Å². The number of carbonyl (C=O) groups is 1. The van der Waals surface area contributed by atoms with E-state index in [2.05, 4.69) is 4.74 Å². The molecule has 0 radical (unpaired) electrons. The molecular weight excluding hydrogens is 287 g/mol. The molecule has 1 aromatic carbocycles. The van der Waals surface area contributed by atoms with Crippen molar-refractivity contribution in [1.82, 2.24) is 4.31 Å². The van der Waals surface area contributed by atoms with Gasteiger partial charge in [0.2, 0.25) is 10.0 Å². The standard InChI is InChI=1S/C12H17FN2O4S/c1-4-19-12(16)7-15(3)20(17,18)11-6-10(14)8(2)5-9(11)13/h5-6H,4,7,14H2,1-3H3. The molecule has 0 saturated heterocycles. The molecule has 0 spiro atoms. The molecule has 0 fully saturated rings. The van der Waals surface area contributed by atoms with Gasteiger partial charge in [0.1, 0.15) is 17.3 Å². The van der Waals surface area contributed by atoms with Crippen molar-refractivity contribution in [2.24, 2.45) is 0 Å². The number of likely N-dealkylation sites (N-methyl/N-ethyl adjacent to an activating group) is 1. The second-order valence-electron chi connectivity index (χ2n) is 4.21. The van der Waals surface area contributed by atoms with Crippen molar-refractivity contribution in [3.63, 3.8) is 0 Å². The predicted molar refractivity (Wildman–Crippen MR) is 72.0 cm³/mol. The van der Waals surface area contributed by atoms with Crippen molar-refractivity contribution in [2.75, 3.05) is 25.9 Å². The van der Waals surface area contributed by atoms with E-state index in [9.17, 15) is 17.6 Å². The van der Waals surface area contributed by atoms with Crippen LogP contribution in [0.2, 0.25) is 0 Å². The van der Waals surface area contributed by atoms with Crippen LogP contribution in [0, 0.1) is 12.7 Å². The van der Waals surface area contributed by atoms with E-state index in [1.165, 1.54) is 7.05 Å². The van der Waals surface area contributed by atoms with Gasteiger partial charge in [-0.05, 0) is 31.5 Å². The Hall–Kier alpha value is -1.67. The van der Waals surface area contributed by atoms with Gasteiger partial charge in [-0.2, -0.15) is 4.31 Å². The van der Waals surface area contributed by atoms with E-state index in [4.69, 9.17) is 5.73 Å². The van der Waals surface area contributed by atoms with Crippen LogP contribution in [0.1, 0.15) is 12.5 Å². The minimum atomic E-state index is -4.14. The van der Waals surface area contributed by atoms with Crippen molar-refractivity contribution in [3.8, 4) is 0 Å². The molecule has 2 N–H and O–H groups in total. The third kappa shape index (κ3) is 3.45. The molecule has 6 nitrogen and oxygen atoms in total. The zero-order valence-corrected chi connectivity index (χ0v) is 12.3. The Bertz CT molecular complexity index is 616. The van der Waals surface area contributed by atoms with Crippen LogP contribution in [0.5, 0.6) is 0 Å². The summed E-state index contributed by atoms with van der Waals surface area (Å²) in [6.07, 6.45) is 0. The highest BCUT2D eigenvalue weighted by Crippen LogP contribution is 2.23. The van der Waals surface area contributed by atoms with Crippen LogP contribution in [0.4, 0.5) is 10.1 Å². The van der Waals surface area contributed by atoms with E-state index in [0.717, 1.165) is 16.4 Å². The molecule has 0 atom stereocenters. The molecule has 8 heteroatoms. The molecule has 0 aliphatic rings.